The minimum atomic E-state index is -0.0905. The number of hydrogen-bond acceptors (Lipinski definition) is 7. The third-order valence-electron chi connectivity index (χ3n) is 5.44. The Morgan fingerprint density at radius 1 is 0.818 bits per heavy atom. The van der Waals surface area contributed by atoms with Crippen LogP contribution in [-0.2, 0) is 13.0 Å². The molecule has 0 fully saturated rings. The smallest absolute Gasteiger partial charge is 0.251 e. The summed E-state index contributed by atoms with van der Waals surface area (Å²) < 4.78 is 1.80. The molecule has 0 bridgehead atoms. The molecule has 0 aliphatic heterocycles. The average molecular weight is 439 g/mol. The van der Waals surface area contributed by atoms with Gasteiger partial charge in [-0.1, -0.05) is 61.9 Å². The first-order valence-electron chi connectivity index (χ1n) is 10.6. The average Bonchev–Trinajstić information content (AvgIpc) is 3.57. The van der Waals surface area contributed by atoms with E-state index in [0.29, 0.717) is 23.8 Å². The summed E-state index contributed by atoms with van der Waals surface area (Å²) in [5.41, 5.74) is 5.50. The molecule has 33 heavy (non-hydrogen) atoms. The number of aromatic amines is 2. The van der Waals surface area contributed by atoms with Crippen molar-refractivity contribution in [2.24, 2.45) is 0 Å². The van der Waals surface area contributed by atoms with Crippen LogP contribution in [0.25, 0.3) is 33.9 Å². The topological polar surface area (TPSA) is 131 Å². The third-order valence-corrected chi connectivity index (χ3v) is 5.44. The summed E-state index contributed by atoms with van der Waals surface area (Å²) in [5.74, 6) is 0.966. The highest BCUT2D eigenvalue weighted by atomic mass is 16.1. The van der Waals surface area contributed by atoms with Gasteiger partial charge >= 0.3 is 0 Å². The highest BCUT2D eigenvalue weighted by Crippen LogP contribution is 2.29. The quantitative estimate of drug-likeness (QED) is 0.399. The highest BCUT2D eigenvalue weighted by Gasteiger charge is 2.13. The van der Waals surface area contributed by atoms with Gasteiger partial charge in [-0.25, -0.2) is 0 Å². The molecule has 0 aliphatic rings. The first-order chi connectivity index (χ1) is 16.2. The lowest BCUT2D eigenvalue weighted by Gasteiger charge is -2.14. The zero-order chi connectivity index (χ0) is 22.6. The summed E-state index contributed by atoms with van der Waals surface area (Å²) >= 11 is 0. The largest absolute Gasteiger partial charge is 0.308 e. The van der Waals surface area contributed by atoms with Crippen LogP contribution in [0.4, 0.5) is 0 Å². The number of H-pyrrole nitrogens is 2. The van der Waals surface area contributed by atoms with Crippen molar-refractivity contribution in [3.05, 3.63) is 82.3 Å². The van der Waals surface area contributed by atoms with E-state index < -0.39 is 0 Å². The standard InChI is InChI=1S/C23H21N9O/c1-2-5-18-12-17(22-24-28-29-25-22)13-21(33)32(18)14-15-8-10-16(11-9-15)19-6-3-4-7-20(19)23-26-30-31-27-23/h3-4,6-13H,2,5,14H2,1H3,(H,24,25,28,29)(H,26,27,30,31). The van der Waals surface area contributed by atoms with Gasteiger partial charge < -0.3 is 4.57 Å². The molecule has 0 amide bonds. The number of tetrazole rings is 2. The third kappa shape index (κ3) is 4.18. The molecule has 3 aromatic heterocycles. The molecule has 0 radical (unpaired) electrons. The van der Waals surface area contributed by atoms with Crippen LogP contribution in [0.1, 0.15) is 24.6 Å². The Bertz CT molecular complexity index is 1410. The zero-order valence-corrected chi connectivity index (χ0v) is 17.9. The minimum Gasteiger partial charge on any atom is -0.308 e. The van der Waals surface area contributed by atoms with Crippen LogP contribution in [0.5, 0.6) is 0 Å². The maximum Gasteiger partial charge on any atom is 0.251 e. The van der Waals surface area contributed by atoms with Gasteiger partial charge in [0.15, 0.2) is 0 Å². The van der Waals surface area contributed by atoms with E-state index in [9.17, 15) is 4.79 Å². The van der Waals surface area contributed by atoms with E-state index in [0.717, 1.165) is 40.8 Å². The van der Waals surface area contributed by atoms with Gasteiger partial charge in [0.05, 0.1) is 6.54 Å². The van der Waals surface area contributed by atoms with Crippen molar-refractivity contribution in [3.8, 4) is 33.9 Å². The van der Waals surface area contributed by atoms with Gasteiger partial charge in [0.2, 0.25) is 11.6 Å². The number of pyridine rings is 1. The van der Waals surface area contributed by atoms with E-state index in [1.165, 1.54) is 0 Å². The Balaban J connectivity index is 1.45. The molecule has 2 N–H and O–H groups in total. The SMILES string of the molecule is CCCc1cc(-c2nn[nH]n2)cc(=O)n1Cc1ccc(-c2ccccc2-c2nn[nH]n2)cc1. The van der Waals surface area contributed by atoms with Crippen molar-refractivity contribution < 1.29 is 0 Å². The van der Waals surface area contributed by atoms with Crippen molar-refractivity contribution in [1.82, 2.24) is 45.8 Å². The van der Waals surface area contributed by atoms with Gasteiger partial charge in [0.1, 0.15) is 0 Å². The van der Waals surface area contributed by atoms with Crippen molar-refractivity contribution in [3.63, 3.8) is 0 Å². The van der Waals surface area contributed by atoms with Gasteiger partial charge in [-0.2, -0.15) is 10.4 Å². The molecule has 0 unspecified atom stereocenters. The number of aryl methyl sites for hydroxylation is 1. The van der Waals surface area contributed by atoms with Gasteiger partial charge in [-0.3, -0.25) is 4.79 Å². The van der Waals surface area contributed by atoms with E-state index in [4.69, 9.17) is 0 Å². The lowest BCUT2D eigenvalue weighted by molar-refractivity contribution is 0.687. The van der Waals surface area contributed by atoms with Crippen molar-refractivity contribution >= 4 is 0 Å². The molecule has 3 heterocycles. The van der Waals surface area contributed by atoms with E-state index in [2.05, 4.69) is 48.2 Å². The number of nitrogens with zero attached hydrogens (tertiary/aromatic N) is 7. The first-order valence-corrected chi connectivity index (χ1v) is 10.6. The van der Waals surface area contributed by atoms with Crippen LogP contribution >= 0.6 is 0 Å². The molecule has 0 saturated heterocycles. The summed E-state index contributed by atoms with van der Waals surface area (Å²) in [4.78, 5) is 13.0. The summed E-state index contributed by atoms with van der Waals surface area (Å²) in [6.45, 7) is 2.57. The van der Waals surface area contributed by atoms with Gasteiger partial charge in [-0.05, 0) is 39.6 Å². The molecule has 10 nitrogen and oxygen atoms in total. The Hall–Kier alpha value is -4.47. The Morgan fingerprint density at radius 2 is 1.52 bits per heavy atom. The maximum absolute atomic E-state index is 13.0. The van der Waals surface area contributed by atoms with E-state index >= 15 is 0 Å². The molecule has 164 valence electrons. The number of rotatable bonds is 7. The van der Waals surface area contributed by atoms with Gasteiger partial charge in [0, 0.05) is 22.9 Å². The lowest BCUT2D eigenvalue weighted by atomic mass is 9.98. The van der Waals surface area contributed by atoms with Gasteiger partial charge in [-0.15, -0.1) is 20.4 Å². The molecule has 10 heteroatoms. The van der Waals surface area contributed by atoms with E-state index in [1.807, 2.05) is 54.6 Å². The number of hydrogen-bond donors (Lipinski definition) is 2. The fraction of sp³-hybridized carbons (Fsp3) is 0.174. The number of benzene rings is 2. The molecule has 5 rings (SSSR count). The van der Waals surface area contributed by atoms with Gasteiger partial charge in [0.25, 0.3) is 5.56 Å². The molecular weight excluding hydrogens is 418 g/mol. The second kappa shape index (κ2) is 8.95. The molecule has 0 spiro atoms. The Morgan fingerprint density at radius 3 is 2.18 bits per heavy atom. The molecular formula is C23H21N9O. The van der Waals surface area contributed by atoms with Crippen LogP contribution in [-0.4, -0.2) is 45.8 Å². The molecule has 5 aromatic rings. The van der Waals surface area contributed by atoms with Crippen molar-refractivity contribution in [1.29, 1.82) is 0 Å². The monoisotopic (exact) mass is 439 g/mol. The lowest BCUT2D eigenvalue weighted by Crippen LogP contribution is -2.24. The number of aromatic nitrogens is 9. The molecule has 0 aliphatic carbocycles. The molecule has 0 saturated carbocycles. The zero-order valence-electron chi connectivity index (χ0n) is 17.9. The van der Waals surface area contributed by atoms with Crippen molar-refractivity contribution in [2.45, 2.75) is 26.3 Å². The predicted octanol–water partition coefficient (Wildman–Crippen LogP) is 2.88. The minimum absolute atomic E-state index is 0.0905. The number of nitrogens with one attached hydrogen (secondary N) is 2. The fourth-order valence-electron chi connectivity index (χ4n) is 3.89. The van der Waals surface area contributed by atoms with Crippen molar-refractivity contribution in [2.75, 3.05) is 0 Å². The highest BCUT2D eigenvalue weighted by molar-refractivity contribution is 5.80. The van der Waals surface area contributed by atoms with E-state index in [1.54, 1.807) is 10.6 Å². The van der Waals surface area contributed by atoms with Crippen LogP contribution in [0.2, 0.25) is 0 Å². The second-order valence-electron chi connectivity index (χ2n) is 7.62. The fourth-order valence-corrected chi connectivity index (χ4v) is 3.89. The van der Waals surface area contributed by atoms with Crippen LogP contribution < -0.4 is 5.56 Å². The van der Waals surface area contributed by atoms with Crippen LogP contribution in [0.3, 0.4) is 0 Å². The Kier molecular flexibility index (Phi) is 5.54. The normalized spacial score (nSPS) is 11.1. The maximum atomic E-state index is 13.0. The summed E-state index contributed by atoms with van der Waals surface area (Å²) in [6, 6.07) is 19.6. The second-order valence-corrected chi connectivity index (χ2v) is 7.62. The summed E-state index contributed by atoms with van der Waals surface area (Å²) in [6.07, 6.45) is 1.69. The predicted molar refractivity (Wildman–Crippen MR) is 122 cm³/mol. The summed E-state index contributed by atoms with van der Waals surface area (Å²) in [5, 5.41) is 28.4. The molecule has 0 atom stereocenters. The molecule has 2 aromatic carbocycles. The Labute approximate surface area is 188 Å². The first kappa shape index (κ1) is 20.4. The van der Waals surface area contributed by atoms with E-state index in [-0.39, 0.29) is 5.56 Å². The summed E-state index contributed by atoms with van der Waals surface area (Å²) in [7, 11) is 0. The van der Waals surface area contributed by atoms with Crippen LogP contribution in [0, 0.1) is 0 Å². The van der Waals surface area contributed by atoms with Crippen LogP contribution in [0.15, 0.2) is 65.5 Å².